The van der Waals surface area contributed by atoms with E-state index >= 15 is 0 Å². The van der Waals surface area contributed by atoms with E-state index in [2.05, 4.69) is 21.5 Å². The van der Waals surface area contributed by atoms with Crippen molar-refractivity contribution < 1.29 is 17.9 Å². The van der Waals surface area contributed by atoms with Crippen LogP contribution in [0.4, 0.5) is 10.2 Å². The van der Waals surface area contributed by atoms with Crippen LogP contribution in [0.25, 0.3) is 0 Å². The highest BCUT2D eigenvalue weighted by atomic mass is 32.2. The summed E-state index contributed by atoms with van der Waals surface area (Å²) in [7, 11) is -3.80. The van der Waals surface area contributed by atoms with Gasteiger partial charge in [0.25, 0.3) is 10.0 Å². The zero-order valence-corrected chi connectivity index (χ0v) is 11.6. The van der Waals surface area contributed by atoms with Gasteiger partial charge < -0.3 is 5.11 Å². The summed E-state index contributed by atoms with van der Waals surface area (Å²) in [6, 6.07) is 8.15. The Morgan fingerprint density at radius 1 is 1.19 bits per heavy atom. The molecular formula is C14H11FN2O3S. The summed E-state index contributed by atoms with van der Waals surface area (Å²) in [6.45, 7) is -0.266. The first kappa shape index (κ1) is 15.0. The van der Waals surface area contributed by atoms with Crippen molar-refractivity contribution in [3.63, 3.8) is 0 Å². The summed E-state index contributed by atoms with van der Waals surface area (Å²) in [5, 5.41) is 8.58. The topological polar surface area (TPSA) is 79.3 Å². The summed E-state index contributed by atoms with van der Waals surface area (Å²) >= 11 is 0. The van der Waals surface area contributed by atoms with E-state index in [9.17, 15) is 12.8 Å². The van der Waals surface area contributed by atoms with Gasteiger partial charge >= 0.3 is 0 Å². The summed E-state index contributed by atoms with van der Waals surface area (Å²) in [5.41, 5.74) is 0.586. The monoisotopic (exact) mass is 306 g/mol. The minimum absolute atomic E-state index is 0.0283. The fraction of sp³-hybridized carbons (Fsp3) is 0.0714. The van der Waals surface area contributed by atoms with Crippen LogP contribution >= 0.6 is 0 Å². The number of hydrogen-bond donors (Lipinski definition) is 2. The van der Waals surface area contributed by atoms with Gasteiger partial charge in [-0.1, -0.05) is 11.8 Å². The molecule has 0 radical (unpaired) electrons. The van der Waals surface area contributed by atoms with Crippen LogP contribution < -0.4 is 4.72 Å². The first-order chi connectivity index (χ1) is 10.0. The molecule has 0 saturated heterocycles. The van der Waals surface area contributed by atoms with Crippen LogP contribution in [0.5, 0.6) is 0 Å². The number of rotatable bonds is 3. The summed E-state index contributed by atoms with van der Waals surface area (Å²) in [6.07, 6.45) is 0.922. The third-order valence-electron chi connectivity index (χ3n) is 2.44. The Balaban J connectivity index is 2.21. The second kappa shape index (κ2) is 6.35. The maximum absolute atomic E-state index is 12.7. The summed E-state index contributed by atoms with van der Waals surface area (Å²) in [4.78, 5) is 3.66. The number of anilines is 1. The largest absolute Gasteiger partial charge is 0.384 e. The Bertz CT molecular complexity index is 776. The zero-order valence-electron chi connectivity index (χ0n) is 10.7. The molecule has 1 aromatic carbocycles. The molecule has 108 valence electrons. The SMILES string of the molecule is O=S(=O)(Nc1ccc(F)cn1)c1ccc(C#CCO)cc1. The maximum Gasteiger partial charge on any atom is 0.263 e. The lowest BCUT2D eigenvalue weighted by atomic mass is 10.2. The standard InChI is InChI=1S/C14H11FN2O3S/c15-12-5-8-14(16-10-12)17-21(19,20)13-6-3-11(4-7-13)2-1-9-18/h3-8,10,18H,9H2,(H,16,17). The van der Waals surface area contributed by atoms with Gasteiger partial charge in [-0.25, -0.2) is 17.8 Å². The number of aliphatic hydroxyl groups excluding tert-OH is 1. The Morgan fingerprint density at radius 2 is 1.90 bits per heavy atom. The number of pyridine rings is 1. The number of halogens is 1. The molecule has 2 rings (SSSR count). The third-order valence-corrected chi connectivity index (χ3v) is 3.81. The van der Waals surface area contributed by atoms with Crippen LogP contribution in [0.1, 0.15) is 5.56 Å². The highest BCUT2D eigenvalue weighted by Gasteiger charge is 2.14. The average molecular weight is 306 g/mol. The molecule has 0 bridgehead atoms. The number of aliphatic hydroxyl groups is 1. The second-order valence-corrected chi connectivity index (χ2v) is 5.63. The minimum atomic E-state index is -3.80. The minimum Gasteiger partial charge on any atom is -0.384 e. The molecule has 1 aromatic heterocycles. The number of aromatic nitrogens is 1. The third kappa shape index (κ3) is 4.02. The van der Waals surface area contributed by atoms with Crippen LogP contribution in [0.2, 0.25) is 0 Å². The van der Waals surface area contributed by atoms with E-state index in [0.29, 0.717) is 5.56 Å². The fourth-order valence-electron chi connectivity index (χ4n) is 1.49. The Kier molecular flexibility index (Phi) is 4.52. The predicted octanol–water partition coefficient (Wildman–Crippen LogP) is 1.37. The fourth-order valence-corrected chi connectivity index (χ4v) is 2.50. The van der Waals surface area contributed by atoms with Gasteiger partial charge in [0.05, 0.1) is 11.1 Å². The highest BCUT2D eigenvalue weighted by Crippen LogP contribution is 2.15. The Morgan fingerprint density at radius 3 is 2.48 bits per heavy atom. The molecule has 0 aliphatic heterocycles. The van der Waals surface area contributed by atoms with Crippen LogP contribution in [-0.2, 0) is 10.0 Å². The Hall–Kier alpha value is -2.43. The molecule has 0 spiro atoms. The van der Waals surface area contributed by atoms with Crippen LogP contribution in [0.3, 0.4) is 0 Å². The van der Waals surface area contributed by atoms with Crippen LogP contribution in [0.15, 0.2) is 47.5 Å². The van der Waals surface area contributed by atoms with E-state index in [-0.39, 0.29) is 17.3 Å². The van der Waals surface area contributed by atoms with Gasteiger partial charge in [-0.3, -0.25) is 4.72 Å². The molecule has 0 aliphatic carbocycles. The number of hydrogen-bond acceptors (Lipinski definition) is 4. The molecule has 0 fully saturated rings. The predicted molar refractivity (Wildman–Crippen MR) is 75.4 cm³/mol. The number of benzene rings is 1. The van der Waals surface area contributed by atoms with E-state index in [0.717, 1.165) is 12.3 Å². The molecule has 5 nitrogen and oxygen atoms in total. The lowest BCUT2D eigenvalue weighted by molar-refractivity contribution is 0.350. The number of nitrogens with zero attached hydrogens (tertiary/aromatic N) is 1. The van der Waals surface area contributed by atoms with E-state index in [1.165, 1.54) is 30.3 Å². The van der Waals surface area contributed by atoms with E-state index in [1.54, 1.807) is 0 Å². The van der Waals surface area contributed by atoms with E-state index < -0.39 is 15.8 Å². The van der Waals surface area contributed by atoms with Crippen LogP contribution in [0, 0.1) is 17.7 Å². The smallest absolute Gasteiger partial charge is 0.263 e. The molecule has 1 heterocycles. The lowest BCUT2D eigenvalue weighted by Crippen LogP contribution is -2.13. The molecule has 0 atom stereocenters. The van der Waals surface area contributed by atoms with Gasteiger partial charge in [0.2, 0.25) is 0 Å². The first-order valence-electron chi connectivity index (χ1n) is 5.85. The molecule has 7 heteroatoms. The van der Waals surface area contributed by atoms with Crippen molar-refractivity contribution in [3.8, 4) is 11.8 Å². The van der Waals surface area contributed by atoms with Crippen molar-refractivity contribution in [2.75, 3.05) is 11.3 Å². The number of nitrogens with one attached hydrogen (secondary N) is 1. The summed E-state index contributed by atoms with van der Waals surface area (Å²) < 4.78 is 39.1. The quantitative estimate of drug-likeness (QED) is 0.839. The van der Waals surface area contributed by atoms with Crippen molar-refractivity contribution in [2.45, 2.75) is 4.90 Å². The molecule has 0 aliphatic rings. The molecule has 21 heavy (non-hydrogen) atoms. The second-order valence-electron chi connectivity index (χ2n) is 3.95. The van der Waals surface area contributed by atoms with Crippen molar-refractivity contribution in [3.05, 3.63) is 54.0 Å². The summed E-state index contributed by atoms with van der Waals surface area (Å²) in [5.74, 6) is 4.60. The molecule has 0 unspecified atom stereocenters. The van der Waals surface area contributed by atoms with Gasteiger partial charge in [-0.15, -0.1) is 0 Å². The van der Waals surface area contributed by atoms with Crippen molar-refractivity contribution in [1.82, 2.24) is 4.98 Å². The van der Waals surface area contributed by atoms with Gasteiger partial charge in [0, 0.05) is 5.56 Å². The van der Waals surface area contributed by atoms with Crippen molar-refractivity contribution in [1.29, 1.82) is 0 Å². The molecule has 2 N–H and O–H groups in total. The highest BCUT2D eigenvalue weighted by molar-refractivity contribution is 7.92. The Labute approximate surface area is 121 Å². The van der Waals surface area contributed by atoms with Crippen molar-refractivity contribution >= 4 is 15.8 Å². The van der Waals surface area contributed by atoms with Gasteiger partial charge in [-0.2, -0.15) is 0 Å². The molecule has 0 amide bonds. The van der Waals surface area contributed by atoms with Crippen LogP contribution in [-0.4, -0.2) is 25.1 Å². The normalized spacial score (nSPS) is 10.6. The van der Waals surface area contributed by atoms with Crippen molar-refractivity contribution in [2.24, 2.45) is 0 Å². The zero-order chi connectivity index (χ0) is 15.3. The average Bonchev–Trinajstić information content (AvgIpc) is 2.48. The molecule has 0 saturated carbocycles. The maximum atomic E-state index is 12.7. The van der Waals surface area contributed by atoms with E-state index in [1.807, 2.05) is 0 Å². The van der Waals surface area contributed by atoms with E-state index in [4.69, 9.17) is 5.11 Å². The van der Waals surface area contributed by atoms with Gasteiger partial charge in [0.15, 0.2) is 0 Å². The lowest BCUT2D eigenvalue weighted by Gasteiger charge is -2.07. The first-order valence-corrected chi connectivity index (χ1v) is 7.34. The van der Waals surface area contributed by atoms with Gasteiger partial charge in [0.1, 0.15) is 18.2 Å². The molecular weight excluding hydrogens is 295 g/mol. The van der Waals surface area contributed by atoms with Gasteiger partial charge in [-0.05, 0) is 36.4 Å². The number of sulfonamides is 1. The molecule has 2 aromatic rings.